The van der Waals surface area contributed by atoms with Crippen LogP contribution in [0.15, 0.2) is 106 Å². The van der Waals surface area contributed by atoms with Gasteiger partial charge in [-0.25, -0.2) is 13.8 Å². The number of aliphatic hydroxyl groups is 1. The Morgan fingerprint density at radius 2 is 1.69 bits per heavy atom. The maximum absolute atomic E-state index is 14.6. The Labute approximate surface area is 280 Å². The third-order valence-corrected chi connectivity index (χ3v) is 7.90. The van der Waals surface area contributed by atoms with E-state index in [1.54, 1.807) is 72.8 Å². The minimum absolute atomic E-state index is 0.00263. The minimum atomic E-state index is -1.70. The molecule has 2 atom stereocenters. The van der Waals surface area contributed by atoms with Gasteiger partial charge >= 0.3 is 0 Å². The minimum Gasteiger partial charge on any atom is -0.494 e. The molecule has 1 aliphatic heterocycles. The lowest BCUT2D eigenvalue weighted by Gasteiger charge is -2.32. The number of nitrogens with zero attached hydrogens (tertiary/aromatic N) is 7. The van der Waals surface area contributed by atoms with Crippen LogP contribution in [0, 0.1) is 11.6 Å². The first-order valence-electron chi connectivity index (χ1n) is 15.4. The fraction of sp³-hybridized carbons (Fsp3) is 0.257. The summed E-state index contributed by atoms with van der Waals surface area (Å²) < 4.78 is 40.0. The number of aliphatic hydroxyl groups excluding tert-OH is 1. The predicted molar refractivity (Wildman–Crippen MR) is 178 cm³/mol. The molecule has 0 spiro atoms. The van der Waals surface area contributed by atoms with Crippen molar-refractivity contribution in [2.45, 2.75) is 37.5 Å². The number of azide groups is 2. The summed E-state index contributed by atoms with van der Waals surface area (Å²) in [7, 11) is 0. The highest BCUT2D eigenvalue weighted by molar-refractivity contribution is 6.01. The number of hydrogen-bond donors (Lipinski definition) is 2. The van der Waals surface area contributed by atoms with Crippen LogP contribution < -0.4 is 10.1 Å². The molecule has 0 aromatic heterocycles. The summed E-state index contributed by atoms with van der Waals surface area (Å²) in [4.78, 5) is 25.4. The summed E-state index contributed by atoms with van der Waals surface area (Å²) in [5.41, 5.74) is 19.5. The second-order valence-corrected chi connectivity index (χ2v) is 11.2. The van der Waals surface area contributed by atoms with Crippen LogP contribution in [0.3, 0.4) is 0 Å². The first-order chi connectivity index (χ1) is 23.9. The summed E-state index contributed by atoms with van der Waals surface area (Å²) in [6, 6.07) is 23.9. The molecule has 5 rings (SSSR count). The molecule has 1 aliphatic rings. The maximum Gasteiger partial charge on any atom is 0.252 e. The zero-order valence-electron chi connectivity index (χ0n) is 26.2. The van der Waals surface area contributed by atoms with Gasteiger partial charge in [-0.05, 0) is 76.1 Å². The Bertz CT molecular complexity index is 1910. The Balaban J connectivity index is 1.61. The van der Waals surface area contributed by atoms with Gasteiger partial charge in [0.2, 0.25) is 5.90 Å². The number of nitrogens with one attached hydrogen (secondary N) is 1. The van der Waals surface area contributed by atoms with E-state index >= 15 is 0 Å². The molecule has 4 aromatic carbocycles. The second-order valence-electron chi connectivity index (χ2n) is 11.2. The fourth-order valence-corrected chi connectivity index (χ4v) is 5.63. The molecule has 0 unspecified atom stereocenters. The van der Waals surface area contributed by atoms with Crippen LogP contribution in [0.2, 0.25) is 0 Å². The molecule has 0 fully saturated rings. The van der Waals surface area contributed by atoms with Crippen LogP contribution in [0.4, 0.5) is 14.5 Å². The molecule has 14 heteroatoms. The zero-order valence-corrected chi connectivity index (χ0v) is 26.2. The Morgan fingerprint density at radius 3 is 2.41 bits per heavy atom. The van der Waals surface area contributed by atoms with Crippen LogP contribution in [0.1, 0.15) is 40.3 Å². The molecule has 250 valence electrons. The van der Waals surface area contributed by atoms with Crippen LogP contribution in [-0.2, 0) is 28.9 Å². The largest absolute Gasteiger partial charge is 0.494 e. The van der Waals surface area contributed by atoms with E-state index in [2.05, 4.69) is 25.4 Å². The highest BCUT2D eigenvalue weighted by Gasteiger charge is 2.54. The van der Waals surface area contributed by atoms with Crippen LogP contribution >= 0.6 is 0 Å². The predicted octanol–water partition coefficient (Wildman–Crippen LogP) is 7.34. The zero-order chi connectivity index (χ0) is 34.6. The molecule has 49 heavy (non-hydrogen) atoms. The molecule has 0 aliphatic carbocycles. The molecular weight excluding hydrogens is 634 g/mol. The van der Waals surface area contributed by atoms with Gasteiger partial charge in [0.15, 0.2) is 11.6 Å². The topological polar surface area (TPSA) is 178 Å². The smallest absolute Gasteiger partial charge is 0.252 e. The molecule has 2 N–H and O–H groups in total. The van der Waals surface area contributed by atoms with Crippen molar-refractivity contribution in [3.63, 3.8) is 0 Å². The van der Waals surface area contributed by atoms with Crippen molar-refractivity contribution in [2.75, 3.05) is 19.8 Å². The van der Waals surface area contributed by atoms with Gasteiger partial charge in [0.05, 0.1) is 13.2 Å². The highest BCUT2D eigenvalue weighted by Crippen LogP contribution is 2.45. The maximum atomic E-state index is 14.6. The van der Waals surface area contributed by atoms with Crippen molar-refractivity contribution in [1.29, 1.82) is 0 Å². The number of hydrogen-bond acceptors (Lipinski definition) is 7. The number of carbonyl (C=O) groups excluding carboxylic acids is 1. The third-order valence-electron chi connectivity index (χ3n) is 7.90. The number of benzene rings is 4. The lowest BCUT2D eigenvalue weighted by atomic mass is 9.80. The number of aliphatic imine (C=N–C) groups is 1. The molecule has 0 radical (unpaired) electrons. The molecule has 1 amide bonds. The van der Waals surface area contributed by atoms with Crippen molar-refractivity contribution in [1.82, 2.24) is 5.32 Å². The summed E-state index contributed by atoms with van der Waals surface area (Å²) >= 11 is 0. The normalized spacial score (nSPS) is 16.5. The number of ether oxygens (including phenoxy) is 2. The Kier molecular flexibility index (Phi) is 11.4. The summed E-state index contributed by atoms with van der Waals surface area (Å²) in [6.07, 6.45) is -0.537. The second kappa shape index (κ2) is 16.2. The first kappa shape index (κ1) is 34.4. The Hall–Kier alpha value is -5.94. The van der Waals surface area contributed by atoms with Crippen LogP contribution in [0.25, 0.3) is 20.9 Å². The third kappa shape index (κ3) is 8.32. The van der Waals surface area contributed by atoms with Gasteiger partial charge in [0, 0.05) is 53.1 Å². The summed E-state index contributed by atoms with van der Waals surface area (Å²) in [5, 5.41) is 19.6. The van der Waals surface area contributed by atoms with Crippen molar-refractivity contribution in [2.24, 2.45) is 15.2 Å². The van der Waals surface area contributed by atoms with E-state index in [9.17, 15) is 19.1 Å². The van der Waals surface area contributed by atoms with Gasteiger partial charge in [0.25, 0.3) is 5.91 Å². The number of amides is 1. The quantitative estimate of drug-likeness (QED) is 0.0584. The van der Waals surface area contributed by atoms with Crippen LogP contribution in [0.5, 0.6) is 5.75 Å². The molecule has 1 heterocycles. The number of rotatable bonds is 15. The van der Waals surface area contributed by atoms with Gasteiger partial charge in [-0.2, -0.15) is 0 Å². The average molecular weight is 667 g/mol. The monoisotopic (exact) mass is 666 g/mol. The van der Waals surface area contributed by atoms with E-state index in [-0.39, 0.29) is 38.4 Å². The SMILES string of the molecule is [N-]=[N+]=NCc1ccccc1[C@H]1OC(c2ccc(OCCCO)cc2)=N[C@@]1(Cc1ccccc1N=[N+]=[N-])C(=O)NCCc1cc(F)cc(F)c1. The lowest BCUT2D eigenvalue weighted by Crippen LogP contribution is -2.50. The van der Waals surface area contributed by atoms with E-state index < -0.39 is 29.2 Å². The number of carbonyl (C=O) groups is 1. The molecule has 4 aromatic rings. The van der Waals surface area contributed by atoms with Crippen molar-refractivity contribution < 1.29 is 28.2 Å². The van der Waals surface area contributed by atoms with Gasteiger partial charge in [-0.1, -0.05) is 58.8 Å². The summed E-state index contributed by atoms with van der Waals surface area (Å²) in [6.45, 7) is 0.310. The van der Waals surface area contributed by atoms with Gasteiger partial charge in [-0.3, -0.25) is 4.79 Å². The summed E-state index contributed by atoms with van der Waals surface area (Å²) in [5.74, 6) is -1.30. The molecule has 0 saturated carbocycles. The standard InChI is InChI=1S/C35H32F2N8O4/c36-27-18-23(19-28(37)20-27)14-15-40-34(47)35(21-25-6-2-4-9-31(25)43-45-39)32(30-8-3-1-7-26(30)22-41-44-38)49-33(42-35)24-10-12-29(13-11-24)48-17-5-16-46/h1-4,6-13,18-20,32,46H,5,14-17,21-22H2,(H,40,47)/t32-,35-/m1/s1. The van der Waals surface area contributed by atoms with E-state index in [1.807, 2.05) is 0 Å². The Morgan fingerprint density at radius 1 is 0.980 bits per heavy atom. The van der Waals surface area contributed by atoms with E-state index in [0.717, 1.165) is 6.07 Å². The van der Waals surface area contributed by atoms with Crippen molar-refractivity contribution in [3.05, 3.63) is 151 Å². The first-order valence-corrected chi connectivity index (χ1v) is 15.4. The lowest BCUT2D eigenvalue weighted by molar-refractivity contribution is -0.128. The van der Waals surface area contributed by atoms with E-state index in [0.29, 0.717) is 52.3 Å². The van der Waals surface area contributed by atoms with Crippen molar-refractivity contribution >= 4 is 17.5 Å². The average Bonchev–Trinajstić information content (AvgIpc) is 3.48. The number of halogens is 2. The van der Waals surface area contributed by atoms with Crippen molar-refractivity contribution in [3.8, 4) is 5.75 Å². The van der Waals surface area contributed by atoms with Gasteiger partial charge < -0.3 is 19.9 Å². The highest BCUT2D eigenvalue weighted by atomic mass is 19.1. The molecule has 12 nitrogen and oxygen atoms in total. The fourth-order valence-electron chi connectivity index (χ4n) is 5.63. The van der Waals surface area contributed by atoms with E-state index in [4.69, 9.17) is 25.1 Å². The van der Waals surface area contributed by atoms with Gasteiger partial charge in [-0.15, -0.1) is 0 Å². The van der Waals surface area contributed by atoms with Gasteiger partial charge in [0.1, 0.15) is 17.4 Å². The molecule has 0 bridgehead atoms. The molecular formula is C35H32F2N8O4. The molecule has 0 saturated heterocycles. The van der Waals surface area contributed by atoms with Crippen LogP contribution in [-0.4, -0.2) is 42.2 Å². The van der Waals surface area contributed by atoms with E-state index in [1.165, 1.54) is 12.1 Å².